The highest BCUT2D eigenvalue weighted by atomic mass is 16.3. The number of hydrogen-bond acceptors (Lipinski definition) is 3. The lowest BCUT2D eigenvalue weighted by atomic mass is 9.79. The van der Waals surface area contributed by atoms with Crippen LogP contribution in [0.5, 0.6) is 0 Å². The fraction of sp³-hybridized carbons (Fsp3) is 0.234. The Morgan fingerprint density at radius 2 is 1.10 bits per heavy atom. The van der Waals surface area contributed by atoms with Gasteiger partial charge in [0.2, 0.25) is 0 Å². The number of anilines is 3. The van der Waals surface area contributed by atoms with Crippen LogP contribution in [-0.4, -0.2) is 0 Å². The predicted molar refractivity (Wildman–Crippen MR) is 211 cm³/mol. The van der Waals surface area contributed by atoms with E-state index in [1.165, 1.54) is 33.4 Å². The van der Waals surface area contributed by atoms with Gasteiger partial charge >= 0.3 is 0 Å². The van der Waals surface area contributed by atoms with Crippen molar-refractivity contribution in [3.8, 4) is 11.1 Å². The summed E-state index contributed by atoms with van der Waals surface area (Å²) in [5, 5.41) is 4.48. The molecule has 1 aliphatic rings. The fourth-order valence-electron chi connectivity index (χ4n) is 8.42. The van der Waals surface area contributed by atoms with Gasteiger partial charge in [0.15, 0.2) is 0 Å². The van der Waals surface area contributed by atoms with Gasteiger partial charge in [-0.25, -0.2) is 0 Å². The van der Waals surface area contributed by atoms with Crippen molar-refractivity contribution in [2.45, 2.75) is 71.6 Å². The average Bonchev–Trinajstić information content (AvgIpc) is 3.73. The Balaban J connectivity index is 1.45. The first kappa shape index (κ1) is 30.8. The average molecular weight is 654 g/mol. The van der Waals surface area contributed by atoms with E-state index in [4.69, 9.17) is 8.83 Å². The van der Waals surface area contributed by atoms with Crippen molar-refractivity contribution in [1.82, 2.24) is 0 Å². The second-order valence-corrected chi connectivity index (χ2v) is 16.6. The Morgan fingerprint density at radius 1 is 0.520 bits per heavy atom. The summed E-state index contributed by atoms with van der Waals surface area (Å²) in [5.41, 5.74) is 14.4. The summed E-state index contributed by atoms with van der Waals surface area (Å²) in [6.45, 7) is 18.5. The van der Waals surface area contributed by atoms with Gasteiger partial charge in [0.05, 0.1) is 27.8 Å². The first-order valence-corrected chi connectivity index (χ1v) is 17.8. The molecule has 6 aromatic carbocycles. The number of furan rings is 2. The lowest BCUT2D eigenvalue weighted by molar-refractivity contribution is 0.559. The van der Waals surface area contributed by atoms with Gasteiger partial charge in [-0.1, -0.05) is 128 Å². The van der Waals surface area contributed by atoms with Crippen molar-refractivity contribution in [3.63, 3.8) is 0 Å². The predicted octanol–water partition coefficient (Wildman–Crippen LogP) is 13.9. The normalized spacial score (nSPS) is 14.2. The molecule has 50 heavy (non-hydrogen) atoms. The Bertz CT molecular complexity index is 2650. The highest BCUT2D eigenvalue weighted by Gasteiger charge is 2.39. The molecule has 0 N–H and O–H groups in total. The monoisotopic (exact) mass is 653 g/mol. The molecule has 9 rings (SSSR count). The second-order valence-electron chi connectivity index (χ2n) is 16.6. The number of benzene rings is 6. The molecule has 0 atom stereocenters. The molecule has 0 radical (unpaired) electrons. The maximum Gasteiger partial charge on any atom is 0.139 e. The third kappa shape index (κ3) is 4.35. The molecule has 0 unspecified atom stereocenters. The summed E-state index contributed by atoms with van der Waals surface area (Å²) >= 11 is 0. The Labute approximate surface area is 294 Å². The van der Waals surface area contributed by atoms with Gasteiger partial charge in [0.25, 0.3) is 0 Å². The molecule has 3 heteroatoms. The second kappa shape index (κ2) is 10.4. The van der Waals surface area contributed by atoms with Crippen LogP contribution in [0.2, 0.25) is 0 Å². The lowest BCUT2D eigenvalue weighted by Gasteiger charge is -2.33. The van der Waals surface area contributed by atoms with Crippen LogP contribution in [0.1, 0.15) is 77.6 Å². The molecular formula is C47H43NO2. The molecule has 0 fully saturated rings. The minimum atomic E-state index is -0.224. The summed E-state index contributed by atoms with van der Waals surface area (Å²) in [5.74, 6) is 0. The van der Waals surface area contributed by atoms with Crippen molar-refractivity contribution in [3.05, 3.63) is 138 Å². The highest BCUT2D eigenvalue weighted by molar-refractivity contribution is 6.18. The number of fused-ring (bicyclic) bond motifs is 9. The van der Waals surface area contributed by atoms with Crippen LogP contribution in [0.4, 0.5) is 17.1 Å². The SMILES string of the molecule is CC(C)(C)c1cc(C(C)(C)C)c2oc3cccc(N(c4cccc5c4C(C)(C)c4ccccc4-5)c4cccc5oc6ccccc6c45)c3c2c1. The Kier molecular flexibility index (Phi) is 6.38. The molecule has 1 aliphatic carbocycles. The largest absolute Gasteiger partial charge is 0.456 e. The molecule has 2 aromatic heterocycles. The number of nitrogens with zero attached hydrogens (tertiary/aromatic N) is 1. The van der Waals surface area contributed by atoms with Crippen molar-refractivity contribution in [2.75, 3.05) is 4.90 Å². The van der Waals surface area contributed by atoms with E-state index in [2.05, 4.69) is 169 Å². The number of para-hydroxylation sites is 1. The molecule has 8 aromatic rings. The molecule has 248 valence electrons. The van der Waals surface area contributed by atoms with E-state index in [9.17, 15) is 0 Å². The van der Waals surface area contributed by atoms with Gasteiger partial charge in [-0.3, -0.25) is 0 Å². The molecule has 0 bridgehead atoms. The minimum Gasteiger partial charge on any atom is -0.456 e. The topological polar surface area (TPSA) is 29.5 Å². The van der Waals surface area contributed by atoms with E-state index in [1.807, 2.05) is 6.07 Å². The minimum absolute atomic E-state index is 0.0379. The van der Waals surface area contributed by atoms with Crippen LogP contribution < -0.4 is 4.90 Å². The van der Waals surface area contributed by atoms with Gasteiger partial charge in [0, 0.05) is 21.8 Å². The standard InChI is InChI=1S/C47H43NO2/c1-45(2,3)28-26-32-42-36(21-15-25-40(42)50-44(32)34(27-28)46(4,5)6)48(35-20-14-24-39-41(35)31-17-10-12-23-38(31)49-39)37-22-13-18-30-29-16-9-11-19-33(29)47(7,8)43(30)37/h9-27H,1-8H3. The van der Waals surface area contributed by atoms with Crippen molar-refractivity contribution in [1.29, 1.82) is 0 Å². The molecule has 0 aliphatic heterocycles. The number of hydrogen-bond donors (Lipinski definition) is 0. The van der Waals surface area contributed by atoms with Crippen LogP contribution in [0.15, 0.2) is 124 Å². The first-order chi connectivity index (χ1) is 23.8. The van der Waals surface area contributed by atoms with E-state index in [0.717, 1.165) is 60.9 Å². The van der Waals surface area contributed by atoms with E-state index in [-0.39, 0.29) is 16.2 Å². The van der Waals surface area contributed by atoms with E-state index in [0.29, 0.717) is 0 Å². The fourth-order valence-corrected chi connectivity index (χ4v) is 8.42. The molecule has 3 nitrogen and oxygen atoms in total. The quantitative estimate of drug-likeness (QED) is 0.190. The number of rotatable bonds is 3. The molecule has 0 amide bonds. The van der Waals surface area contributed by atoms with Crippen LogP contribution in [0.25, 0.3) is 55.0 Å². The summed E-state index contributed by atoms with van der Waals surface area (Å²) < 4.78 is 13.4. The van der Waals surface area contributed by atoms with E-state index >= 15 is 0 Å². The summed E-state index contributed by atoms with van der Waals surface area (Å²) in [4.78, 5) is 2.49. The van der Waals surface area contributed by atoms with Crippen molar-refractivity contribution < 1.29 is 8.83 Å². The summed E-state index contributed by atoms with van der Waals surface area (Å²) in [7, 11) is 0. The molecular weight excluding hydrogens is 611 g/mol. The third-order valence-electron chi connectivity index (χ3n) is 10.9. The maximum absolute atomic E-state index is 6.92. The van der Waals surface area contributed by atoms with Gasteiger partial charge in [-0.15, -0.1) is 0 Å². The third-order valence-corrected chi connectivity index (χ3v) is 10.9. The van der Waals surface area contributed by atoms with Gasteiger partial charge in [-0.05, 0) is 81.1 Å². The van der Waals surface area contributed by atoms with Crippen LogP contribution in [-0.2, 0) is 16.2 Å². The van der Waals surface area contributed by atoms with Gasteiger partial charge in [-0.2, -0.15) is 0 Å². The maximum atomic E-state index is 6.92. The Morgan fingerprint density at radius 3 is 1.82 bits per heavy atom. The van der Waals surface area contributed by atoms with Crippen LogP contribution in [0.3, 0.4) is 0 Å². The van der Waals surface area contributed by atoms with Crippen molar-refractivity contribution in [2.24, 2.45) is 0 Å². The zero-order valence-electron chi connectivity index (χ0n) is 30.2. The lowest BCUT2D eigenvalue weighted by Crippen LogP contribution is -2.21. The first-order valence-electron chi connectivity index (χ1n) is 17.8. The van der Waals surface area contributed by atoms with Gasteiger partial charge in [0.1, 0.15) is 22.3 Å². The zero-order valence-corrected chi connectivity index (χ0v) is 30.2. The molecule has 0 saturated carbocycles. The van der Waals surface area contributed by atoms with Gasteiger partial charge < -0.3 is 13.7 Å². The Hall–Kier alpha value is -5.28. The smallest absolute Gasteiger partial charge is 0.139 e. The highest BCUT2D eigenvalue weighted by Crippen LogP contribution is 2.56. The van der Waals surface area contributed by atoms with Crippen molar-refractivity contribution >= 4 is 60.9 Å². The van der Waals surface area contributed by atoms with E-state index in [1.54, 1.807) is 0 Å². The van der Waals surface area contributed by atoms with E-state index < -0.39 is 0 Å². The zero-order chi connectivity index (χ0) is 34.7. The molecule has 2 heterocycles. The summed E-state index contributed by atoms with van der Waals surface area (Å²) in [6.07, 6.45) is 0. The van der Waals surface area contributed by atoms with Crippen LogP contribution >= 0.6 is 0 Å². The van der Waals surface area contributed by atoms with Crippen LogP contribution in [0, 0.1) is 0 Å². The summed E-state index contributed by atoms with van der Waals surface area (Å²) in [6, 6.07) is 41.8. The molecule has 0 spiro atoms. The molecule has 0 saturated heterocycles.